The second-order valence-corrected chi connectivity index (χ2v) is 5.61. The van der Waals surface area contributed by atoms with Gasteiger partial charge in [-0.05, 0) is 24.3 Å². The second-order valence-electron chi connectivity index (χ2n) is 4.89. The minimum Gasteiger partial charge on any atom is -0.245 e. The molecule has 1 atom stereocenters. The Morgan fingerprint density at radius 2 is 2.14 bits per heavy atom. The van der Waals surface area contributed by atoms with E-state index in [2.05, 4.69) is 51.1 Å². The molecule has 1 aromatic rings. The van der Waals surface area contributed by atoms with Gasteiger partial charge in [0.15, 0.2) is 0 Å². The van der Waals surface area contributed by atoms with E-state index in [1.54, 1.807) is 11.3 Å². The molecule has 0 bridgehead atoms. The van der Waals surface area contributed by atoms with Gasteiger partial charge in [0, 0.05) is 5.38 Å². The average Bonchev–Trinajstić information content (AvgIpc) is 2.53. The SMILES string of the molecule is C/C(=C\c1cscn1)C(C)C(C)(C)C. The Bertz CT molecular complexity index is 304. The highest BCUT2D eigenvalue weighted by atomic mass is 32.1. The molecule has 0 aliphatic rings. The Labute approximate surface area is 90.9 Å². The van der Waals surface area contributed by atoms with E-state index in [0.717, 1.165) is 5.69 Å². The van der Waals surface area contributed by atoms with Crippen molar-refractivity contribution in [1.29, 1.82) is 0 Å². The predicted molar refractivity (Wildman–Crippen MR) is 64.4 cm³/mol. The molecule has 1 nitrogen and oxygen atoms in total. The van der Waals surface area contributed by atoms with Gasteiger partial charge in [-0.1, -0.05) is 33.3 Å². The van der Waals surface area contributed by atoms with Gasteiger partial charge in [-0.15, -0.1) is 11.3 Å². The van der Waals surface area contributed by atoms with E-state index in [0.29, 0.717) is 11.3 Å². The third kappa shape index (κ3) is 2.95. The van der Waals surface area contributed by atoms with Gasteiger partial charge in [0.2, 0.25) is 0 Å². The zero-order chi connectivity index (χ0) is 10.8. The number of rotatable bonds is 2. The van der Waals surface area contributed by atoms with Crippen molar-refractivity contribution in [3.63, 3.8) is 0 Å². The van der Waals surface area contributed by atoms with Crippen LogP contribution in [0.5, 0.6) is 0 Å². The summed E-state index contributed by atoms with van der Waals surface area (Å²) in [5, 5.41) is 2.08. The molecular weight excluding hydrogens is 190 g/mol. The van der Waals surface area contributed by atoms with Crippen molar-refractivity contribution in [2.45, 2.75) is 34.6 Å². The fourth-order valence-electron chi connectivity index (χ4n) is 1.33. The van der Waals surface area contributed by atoms with Gasteiger partial charge in [-0.3, -0.25) is 0 Å². The van der Waals surface area contributed by atoms with Crippen molar-refractivity contribution in [2.24, 2.45) is 11.3 Å². The van der Waals surface area contributed by atoms with Crippen LogP contribution < -0.4 is 0 Å². The molecular formula is C12H19NS. The molecule has 0 aliphatic heterocycles. The smallest absolute Gasteiger partial charge is 0.0798 e. The molecule has 0 aromatic carbocycles. The van der Waals surface area contributed by atoms with Crippen LogP contribution in [0.1, 0.15) is 40.3 Å². The van der Waals surface area contributed by atoms with Gasteiger partial charge in [0.1, 0.15) is 0 Å². The average molecular weight is 209 g/mol. The monoisotopic (exact) mass is 209 g/mol. The van der Waals surface area contributed by atoms with Crippen LogP contribution in [0.25, 0.3) is 6.08 Å². The largest absolute Gasteiger partial charge is 0.245 e. The van der Waals surface area contributed by atoms with Gasteiger partial charge in [-0.25, -0.2) is 4.98 Å². The lowest BCUT2D eigenvalue weighted by Crippen LogP contribution is -2.18. The Hall–Kier alpha value is -0.630. The summed E-state index contributed by atoms with van der Waals surface area (Å²) in [6, 6.07) is 0. The quantitative estimate of drug-likeness (QED) is 0.710. The van der Waals surface area contributed by atoms with Crippen LogP contribution >= 0.6 is 11.3 Å². The standard InChI is InChI=1S/C12H19NS/c1-9(10(2)12(3,4)5)6-11-7-14-8-13-11/h6-8,10H,1-5H3/b9-6+. The summed E-state index contributed by atoms with van der Waals surface area (Å²) in [5.41, 5.74) is 4.70. The number of hydrogen-bond donors (Lipinski definition) is 0. The lowest BCUT2D eigenvalue weighted by Gasteiger charge is -2.28. The first-order valence-corrected chi connectivity index (χ1v) is 5.92. The third-order valence-corrected chi connectivity index (χ3v) is 3.41. The molecule has 0 radical (unpaired) electrons. The van der Waals surface area contributed by atoms with Gasteiger partial charge >= 0.3 is 0 Å². The summed E-state index contributed by atoms with van der Waals surface area (Å²) >= 11 is 1.65. The molecule has 0 spiro atoms. The van der Waals surface area contributed by atoms with E-state index in [4.69, 9.17) is 0 Å². The fourth-order valence-corrected chi connectivity index (χ4v) is 1.85. The van der Waals surface area contributed by atoms with Crippen molar-refractivity contribution >= 4 is 17.4 Å². The minimum absolute atomic E-state index is 0.330. The van der Waals surface area contributed by atoms with Gasteiger partial charge in [0.05, 0.1) is 11.2 Å². The lowest BCUT2D eigenvalue weighted by atomic mass is 9.78. The molecule has 14 heavy (non-hydrogen) atoms. The number of allylic oxidation sites excluding steroid dienone is 1. The van der Waals surface area contributed by atoms with Crippen molar-refractivity contribution in [3.05, 3.63) is 22.2 Å². The summed E-state index contributed by atoms with van der Waals surface area (Å²) in [6.45, 7) is 11.3. The Kier molecular flexibility index (Phi) is 3.48. The summed E-state index contributed by atoms with van der Waals surface area (Å²) < 4.78 is 0. The van der Waals surface area contributed by atoms with Crippen molar-refractivity contribution in [2.75, 3.05) is 0 Å². The Morgan fingerprint density at radius 1 is 1.50 bits per heavy atom. The van der Waals surface area contributed by atoms with E-state index in [1.807, 2.05) is 5.51 Å². The maximum Gasteiger partial charge on any atom is 0.0798 e. The van der Waals surface area contributed by atoms with Crippen LogP contribution in [0.15, 0.2) is 16.5 Å². The molecule has 0 aliphatic carbocycles. The second kappa shape index (κ2) is 4.26. The zero-order valence-electron chi connectivity index (χ0n) is 9.66. The first kappa shape index (κ1) is 11.4. The normalized spacial score (nSPS) is 15.6. The third-order valence-electron chi connectivity index (χ3n) is 2.81. The van der Waals surface area contributed by atoms with E-state index < -0.39 is 0 Å². The van der Waals surface area contributed by atoms with Crippen LogP contribution in [-0.2, 0) is 0 Å². The maximum atomic E-state index is 4.26. The molecule has 1 rings (SSSR count). The Morgan fingerprint density at radius 3 is 2.57 bits per heavy atom. The Balaban J connectivity index is 2.80. The molecule has 1 heterocycles. The number of hydrogen-bond acceptors (Lipinski definition) is 2. The van der Waals surface area contributed by atoms with Gasteiger partial charge in [0.25, 0.3) is 0 Å². The van der Waals surface area contributed by atoms with Crippen LogP contribution in [-0.4, -0.2) is 4.98 Å². The van der Waals surface area contributed by atoms with E-state index >= 15 is 0 Å². The van der Waals surface area contributed by atoms with Gasteiger partial charge in [-0.2, -0.15) is 0 Å². The number of thiazole rings is 1. The lowest BCUT2D eigenvalue weighted by molar-refractivity contribution is 0.302. The first-order valence-electron chi connectivity index (χ1n) is 4.97. The highest BCUT2D eigenvalue weighted by Gasteiger charge is 2.21. The highest BCUT2D eigenvalue weighted by molar-refractivity contribution is 7.07. The minimum atomic E-state index is 0.330. The predicted octanol–water partition coefficient (Wildman–Crippen LogP) is 4.23. The highest BCUT2D eigenvalue weighted by Crippen LogP contribution is 2.31. The van der Waals surface area contributed by atoms with Crippen LogP contribution in [0.3, 0.4) is 0 Å². The van der Waals surface area contributed by atoms with Crippen molar-refractivity contribution in [1.82, 2.24) is 4.98 Å². The first-order chi connectivity index (χ1) is 6.41. The van der Waals surface area contributed by atoms with Gasteiger partial charge < -0.3 is 0 Å². The van der Waals surface area contributed by atoms with Crippen LogP contribution in [0, 0.1) is 11.3 Å². The molecule has 1 aromatic heterocycles. The van der Waals surface area contributed by atoms with Crippen molar-refractivity contribution in [3.8, 4) is 0 Å². The van der Waals surface area contributed by atoms with E-state index in [1.165, 1.54) is 5.57 Å². The topological polar surface area (TPSA) is 12.9 Å². The molecule has 2 heteroatoms. The summed E-state index contributed by atoms with van der Waals surface area (Å²) in [7, 11) is 0. The molecule has 78 valence electrons. The zero-order valence-corrected chi connectivity index (χ0v) is 10.5. The summed E-state index contributed by atoms with van der Waals surface area (Å²) in [6.07, 6.45) is 2.19. The fraction of sp³-hybridized carbons (Fsp3) is 0.583. The number of nitrogens with zero attached hydrogens (tertiary/aromatic N) is 1. The van der Waals surface area contributed by atoms with Crippen molar-refractivity contribution < 1.29 is 0 Å². The molecule has 0 fully saturated rings. The van der Waals surface area contributed by atoms with E-state index in [-0.39, 0.29) is 0 Å². The van der Waals surface area contributed by atoms with E-state index in [9.17, 15) is 0 Å². The maximum absolute atomic E-state index is 4.26. The molecule has 0 amide bonds. The number of aromatic nitrogens is 1. The molecule has 0 saturated carbocycles. The molecule has 1 unspecified atom stereocenters. The molecule has 0 saturated heterocycles. The summed E-state index contributed by atoms with van der Waals surface area (Å²) in [4.78, 5) is 4.26. The van der Waals surface area contributed by atoms with Crippen LogP contribution in [0.2, 0.25) is 0 Å². The molecule has 0 N–H and O–H groups in total. The summed E-state index contributed by atoms with van der Waals surface area (Å²) in [5.74, 6) is 0.587. The van der Waals surface area contributed by atoms with Crippen LogP contribution in [0.4, 0.5) is 0 Å².